The lowest BCUT2D eigenvalue weighted by atomic mass is 10.1. The van der Waals surface area contributed by atoms with Gasteiger partial charge in [-0.05, 0) is 12.1 Å². The molecule has 0 saturated heterocycles. The molecule has 1 aromatic carbocycles. The highest BCUT2D eigenvalue weighted by Crippen LogP contribution is 2.54. The van der Waals surface area contributed by atoms with Crippen LogP contribution in [0.2, 0.25) is 0 Å². The monoisotopic (exact) mass is 256 g/mol. The van der Waals surface area contributed by atoms with E-state index in [0.717, 1.165) is 0 Å². The van der Waals surface area contributed by atoms with Gasteiger partial charge in [-0.15, -0.1) is 0 Å². The summed E-state index contributed by atoms with van der Waals surface area (Å²) in [5, 5.41) is 0. The first kappa shape index (κ1) is 12.3. The number of benzene rings is 1. The highest BCUT2D eigenvalue weighted by atomic mass is 31.2. The lowest BCUT2D eigenvalue weighted by molar-refractivity contribution is 0.0918. The molecule has 5 nitrogen and oxygen atoms in total. The fourth-order valence-corrected chi connectivity index (χ4v) is 3.13. The highest BCUT2D eigenvalue weighted by Gasteiger charge is 2.44. The summed E-state index contributed by atoms with van der Waals surface area (Å²) in [6.45, 7) is 0.00873. The molecule has 1 heterocycles. The molecule has 1 unspecified atom stereocenters. The maximum Gasteiger partial charge on any atom is 0.344 e. The van der Waals surface area contributed by atoms with Crippen molar-refractivity contribution in [3.05, 3.63) is 29.8 Å². The van der Waals surface area contributed by atoms with Gasteiger partial charge in [-0.1, -0.05) is 12.1 Å². The maximum atomic E-state index is 12.2. The van der Waals surface area contributed by atoms with Gasteiger partial charge in [-0.2, -0.15) is 0 Å². The van der Waals surface area contributed by atoms with Gasteiger partial charge in [-0.3, -0.25) is 9.36 Å². The van der Waals surface area contributed by atoms with Gasteiger partial charge in [0.1, 0.15) is 12.4 Å². The summed E-state index contributed by atoms with van der Waals surface area (Å²) in [5.41, 5.74) is -0.481. The Bertz CT molecular complexity index is 477. The van der Waals surface area contributed by atoms with E-state index in [1.54, 1.807) is 24.3 Å². The Morgan fingerprint density at radius 3 is 2.59 bits per heavy atom. The van der Waals surface area contributed by atoms with Crippen LogP contribution in [-0.2, 0) is 13.6 Å². The van der Waals surface area contributed by atoms with Crippen molar-refractivity contribution in [2.75, 3.05) is 20.8 Å². The second-order valence-electron chi connectivity index (χ2n) is 3.59. The summed E-state index contributed by atoms with van der Waals surface area (Å²) >= 11 is 0. The fourth-order valence-electron chi connectivity index (χ4n) is 1.78. The predicted molar refractivity (Wildman–Crippen MR) is 61.7 cm³/mol. The van der Waals surface area contributed by atoms with Gasteiger partial charge in [-0.25, -0.2) is 0 Å². The topological polar surface area (TPSA) is 61.8 Å². The van der Waals surface area contributed by atoms with Crippen LogP contribution in [0.5, 0.6) is 5.75 Å². The number of hydrogen-bond donors (Lipinski definition) is 0. The third-order valence-electron chi connectivity index (χ3n) is 2.74. The molecule has 0 aliphatic carbocycles. The molecule has 92 valence electrons. The van der Waals surface area contributed by atoms with Crippen LogP contribution < -0.4 is 4.74 Å². The average molecular weight is 256 g/mol. The molecular weight excluding hydrogens is 243 g/mol. The fraction of sp³-hybridized carbons (Fsp3) is 0.364. The molecule has 0 saturated carbocycles. The molecule has 17 heavy (non-hydrogen) atoms. The van der Waals surface area contributed by atoms with E-state index in [2.05, 4.69) is 0 Å². The largest absolute Gasteiger partial charge is 0.491 e. The number of ketones is 1. The van der Waals surface area contributed by atoms with Crippen molar-refractivity contribution in [3.8, 4) is 5.75 Å². The Labute approximate surface area is 99.2 Å². The maximum absolute atomic E-state index is 12.2. The molecule has 0 radical (unpaired) electrons. The number of Topliss-reactive ketones (excluding diaryl/α,β-unsaturated/α-hetero) is 1. The highest BCUT2D eigenvalue weighted by molar-refractivity contribution is 7.55. The quantitative estimate of drug-likeness (QED) is 0.775. The van der Waals surface area contributed by atoms with Gasteiger partial charge >= 0.3 is 7.60 Å². The smallest absolute Gasteiger partial charge is 0.344 e. The Kier molecular flexibility index (Phi) is 3.33. The molecule has 0 bridgehead atoms. The average Bonchev–Trinajstić information content (AvgIpc) is 2.38. The number of rotatable bonds is 3. The van der Waals surface area contributed by atoms with Crippen LogP contribution in [0.15, 0.2) is 24.3 Å². The third kappa shape index (κ3) is 2.02. The number of ether oxygens (including phenoxy) is 1. The first-order valence-electron chi connectivity index (χ1n) is 5.09. The van der Waals surface area contributed by atoms with Gasteiger partial charge in [0.25, 0.3) is 0 Å². The predicted octanol–water partition coefficient (Wildman–Crippen LogP) is 2.12. The zero-order valence-electron chi connectivity index (χ0n) is 9.58. The van der Waals surface area contributed by atoms with Gasteiger partial charge in [0.15, 0.2) is 11.4 Å². The van der Waals surface area contributed by atoms with Crippen molar-refractivity contribution in [3.63, 3.8) is 0 Å². The van der Waals surface area contributed by atoms with Crippen molar-refractivity contribution < 1.29 is 23.1 Å². The summed E-state index contributed by atoms with van der Waals surface area (Å²) in [6, 6.07) is 6.85. The van der Waals surface area contributed by atoms with Crippen LogP contribution in [0, 0.1) is 0 Å². The van der Waals surface area contributed by atoms with E-state index in [4.69, 9.17) is 13.8 Å². The summed E-state index contributed by atoms with van der Waals surface area (Å²) in [5.74, 6) is 0.242. The van der Waals surface area contributed by atoms with Gasteiger partial charge in [0, 0.05) is 14.2 Å². The summed E-state index contributed by atoms with van der Waals surface area (Å²) < 4.78 is 27.3. The zero-order valence-corrected chi connectivity index (χ0v) is 10.5. The van der Waals surface area contributed by atoms with Crippen molar-refractivity contribution >= 4 is 13.4 Å². The van der Waals surface area contributed by atoms with Crippen LogP contribution in [0.25, 0.3) is 0 Å². The molecule has 6 heteroatoms. The first-order valence-corrected chi connectivity index (χ1v) is 6.71. The normalized spacial score (nSPS) is 19.6. The molecule has 0 amide bonds. The first-order chi connectivity index (χ1) is 8.12. The molecule has 1 atom stereocenters. The van der Waals surface area contributed by atoms with E-state index < -0.39 is 13.3 Å². The summed E-state index contributed by atoms with van der Waals surface area (Å²) in [4.78, 5) is 12.2. The number of para-hydroxylation sites is 1. The summed E-state index contributed by atoms with van der Waals surface area (Å²) in [6.07, 6.45) is 0. The molecule has 0 spiro atoms. The Balaban J connectivity index is 2.38. The Hall–Kier alpha value is -1.16. The number of hydrogen-bond acceptors (Lipinski definition) is 5. The molecule has 2 rings (SSSR count). The Morgan fingerprint density at radius 2 is 1.94 bits per heavy atom. The van der Waals surface area contributed by atoms with E-state index in [0.29, 0.717) is 11.3 Å². The Morgan fingerprint density at radius 1 is 1.29 bits per heavy atom. The number of carbonyl (C=O) groups excluding carboxylic acids is 1. The SMILES string of the molecule is COP(=O)(OC)C1COc2ccccc2C1=O. The second-order valence-corrected chi connectivity index (χ2v) is 6.03. The third-order valence-corrected chi connectivity index (χ3v) is 4.91. The van der Waals surface area contributed by atoms with Crippen LogP contribution in [0.3, 0.4) is 0 Å². The molecule has 0 aromatic heterocycles. The summed E-state index contributed by atoms with van der Waals surface area (Å²) in [7, 11) is -0.919. The zero-order chi connectivity index (χ0) is 12.5. The van der Waals surface area contributed by atoms with Gasteiger partial charge in [0.2, 0.25) is 0 Å². The minimum Gasteiger partial charge on any atom is -0.491 e. The number of fused-ring (bicyclic) bond motifs is 1. The van der Waals surface area contributed by atoms with Crippen LogP contribution in [-0.4, -0.2) is 32.3 Å². The van der Waals surface area contributed by atoms with Crippen molar-refractivity contribution in [1.29, 1.82) is 0 Å². The minimum atomic E-state index is -3.44. The van der Waals surface area contributed by atoms with Gasteiger partial charge in [0.05, 0.1) is 5.56 Å². The molecule has 0 N–H and O–H groups in total. The molecule has 1 aliphatic heterocycles. The lowest BCUT2D eigenvalue weighted by Gasteiger charge is -2.27. The standard InChI is InChI=1S/C11H13O5P/c1-14-17(13,15-2)10-7-16-9-6-4-3-5-8(9)11(10)12/h3-6,10H,7H2,1-2H3. The van der Waals surface area contributed by atoms with Crippen molar-refractivity contribution in [2.45, 2.75) is 5.66 Å². The van der Waals surface area contributed by atoms with E-state index in [-0.39, 0.29) is 12.4 Å². The molecular formula is C11H13O5P. The van der Waals surface area contributed by atoms with Crippen LogP contribution >= 0.6 is 7.60 Å². The molecule has 1 aromatic rings. The van der Waals surface area contributed by atoms with E-state index in [1.807, 2.05) is 0 Å². The van der Waals surface area contributed by atoms with Crippen LogP contribution in [0.4, 0.5) is 0 Å². The second kappa shape index (κ2) is 4.61. The number of carbonyl (C=O) groups is 1. The van der Waals surface area contributed by atoms with E-state index in [9.17, 15) is 9.36 Å². The molecule has 1 aliphatic rings. The van der Waals surface area contributed by atoms with E-state index in [1.165, 1.54) is 14.2 Å². The van der Waals surface area contributed by atoms with Gasteiger partial charge < -0.3 is 13.8 Å². The van der Waals surface area contributed by atoms with Crippen LogP contribution in [0.1, 0.15) is 10.4 Å². The van der Waals surface area contributed by atoms with E-state index >= 15 is 0 Å². The van der Waals surface area contributed by atoms with Crippen molar-refractivity contribution in [1.82, 2.24) is 0 Å². The molecule has 0 fully saturated rings. The minimum absolute atomic E-state index is 0.00873. The lowest BCUT2D eigenvalue weighted by Crippen LogP contribution is -2.33. The van der Waals surface area contributed by atoms with Crippen molar-refractivity contribution in [2.24, 2.45) is 0 Å².